The molecule has 1 aliphatic heterocycles. The number of halogens is 1. The van der Waals surface area contributed by atoms with Gasteiger partial charge in [-0.1, -0.05) is 28.1 Å². The molecule has 1 fully saturated rings. The molecular formula is C22H27BrN3O3+. The lowest BCUT2D eigenvalue weighted by atomic mass is 10.1. The van der Waals surface area contributed by atoms with Crippen LogP contribution in [0.5, 0.6) is 11.5 Å². The first-order chi connectivity index (χ1) is 14.1. The first kappa shape index (κ1) is 21.3. The lowest BCUT2D eigenvalue weighted by Crippen LogP contribution is -3.13. The normalized spacial score (nSPS) is 14.7. The van der Waals surface area contributed by atoms with E-state index in [9.17, 15) is 4.79 Å². The fourth-order valence-corrected chi connectivity index (χ4v) is 3.56. The highest BCUT2D eigenvalue weighted by Crippen LogP contribution is 2.28. The van der Waals surface area contributed by atoms with Crippen molar-refractivity contribution in [3.63, 3.8) is 0 Å². The molecule has 1 aliphatic rings. The average Bonchev–Trinajstić information content (AvgIpc) is 2.74. The average molecular weight is 461 g/mol. The van der Waals surface area contributed by atoms with Crippen molar-refractivity contribution in [3.05, 3.63) is 58.1 Å². The quantitative estimate of drug-likeness (QED) is 0.469. The van der Waals surface area contributed by atoms with Crippen LogP contribution in [0.3, 0.4) is 0 Å². The van der Waals surface area contributed by atoms with E-state index < -0.39 is 0 Å². The van der Waals surface area contributed by atoms with Gasteiger partial charge in [0.25, 0.3) is 5.91 Å². The Bertz CT molecular complexity index is 834. The second-order valence-electron chi connectivity index (χ2n) is 7.11. The number of quaternary nitrogens is 1. The van der Waals surface area contributed by atoms with Crippen molar-refractivity contribution in [2.75, 3.05) is 26.7 Å². The SMILES string of the molecule is COc1cc(/C=N\NC(=O)C[NH+]2CCCCC2)ccc1OCc1ccc(Br)cc1. The van der Waals surface area contributed by atoms with Crippen LogP contribution in [0, 0.1) is 0 Å². The van der Waals surface area contributed by atoms with Gasteiger partial charge in [0.05, 0.1) is 26.4 Å². The largest absolute Gasteiger partial charge is 0.493 e. The molecule has 0 saturated carbocycles. The van der Waals surface area contributed by atoms with Crippen LogP contribution in [-0.4, -0.2) is 38.9 Å². The number of carbonyl (C=O) groups is 1. The number of carbonyl (C=O) groups excluding carboxylic acids is 1. The number of hydrazone groups is 1. The lowest BCUT2D eigenvalue weighted by molar-refractivity contribution is -0.896. The summed E-state index contributed by atoms with van der Waals surface area (Å²) in [6, 6.07) is 13.5. The summed E-state index contributed by atoms with van der Waals surface area (Å²) in [5.41, 5.74) is 4.51. The topological polar surface area (TPSA) is 64.4 Å². The molecule has 0 aromatic heterocycles. The summed E-state index contributed by atoms with van der Waals surface area (Å²) in [6.45, 7) is 3.06. The van der Waals surface area contributed by atoms with Crippen molar-refractivity contribution >= 4 is 28.1 Å². The maximum atomic E-state index is 12.0. The number of amides is 1. The molecule has 1 heterocycles. The smallest absolute Gasteiger partial charge is 0.295 e. The van der Waals surface area contributed by atoms with Crippen LogP contribution in [0.15, 0.2) is 52.0 Å². The molecule has 0 atom stereocenters. The van der Waals surface area contributed by atoms with Crippen LogP contribution in [0.4, 0.5) is 0 Å². The number of benzene rings is 2. The van der Waals surface area contributed by atoms with Gasteiger partial charge < -0.3 is 14.4 Å². The third kappa shape index (κ3) is 6.87. The van der Waals surface area contributed by atoms with Crippen LogP contribution >= 0.6 is 15.9 Å². The van der Waals surface area contributed by atoms with Crippen LogP contribution in [0.2, 0.25) is 0 Å². The Labute approximate surface area is 180 Å². The number of ether oxygens (including phenoxy) is 2. The molecule has 2 aromatic carbocycles. The zero-order valence-electron chi connectivity index (χ0n) is 16.6. The molecule has 0 unspecified atom stereocenters. The molecule has 0 radical (unpaired) electrons. The summed E-state index contributed by atoms with van der Waals surface area (Å²) in [7, 11) is 1.60. The Morgan fingerprint density at radius 2 is 1.90 bits per heavy atom. The molecule has 154 valence electrons. The molecule has 6 nitrogen and oxygen atoms in total. The number of nitrogens with one attached hydrogen (secondary N) is 2. The number of piperidine rings is 1. The minimum absolute atomic E-state index is 0.0560. The first-order valence-corrected chi connectivity index (χ1v) is 10.6. The first-order valence-electron chi connectivity index (χ1n) is 9.85. The Hall–Kier alpha value is -2.38. The van der Waals surface area contributed by atoms with Crippen molar-refractivity contribution in [2.24, 2.45) is 5.10 Å². The van der Waals surface area contributed by atoms with Crippen LogP contribution in [0.1, 0.15) is 30.4 Å². The van der Waals surface area contributed by atoms with Crippen molar-refractivity contribution in [1.29, 1.82) is 0 Å². The van der Waals surface area contributed by atoms with E-state index in [4.69, 9.17) is 9.47 Å². The third-order valence-electron chi connectivity index (χ3n) is 4.87. The number of methoxy groups -OCH3 is 1. The maximum absolute atomic E-state index is 12.0. The number of hydrogen-bond donors (Lipinski definition) is 2. The van der Waals surface area contributed by atoms with E-state index in [-0.39, 0.29) is 5.91 Å². The van der Waals surface area contributed by atoms with Gasteiger partial charge in [0.1, 0.15) is 6.61 Å². The molecule has 2 N–H and O–H groups in total. The number of hydrogen-bond acceptors (Lipinski definition) is 4. The van der Waals surface area contributed by atoms with Gasteiger partial charge in [0.15, 0.2) is 18.0 Å². The summed E-state index contributed by atoms with van der Waals surface area (Å²) in [6.07, 6.45) is 5.28. The highest BCUT2D eigenvalue weighted by atomic mass is 79.9. The molecule has 1 saturated heterocycles. The summed E-state index contributed by atoms with van der Waals surface area (Å²) in [5, 5.41) is 4.08. The van der Waals surface area contributed by atoms with Gasteiger partial charge >= 0.3 is 0 Å². The summed E-state index contributed by atoms with van der Waals surface area (Å²) >= 11 is 3.43. The van der Waals surface area contributed by atoms with Crippen molar-refractivity contribution in [1.82, 2.24) is 5.43 Å². The fraction of sp³-hybridized carbons (Fsp3) is 0.364. The van der Waals surface area contributed by atoms with Gasteiger partial charge in [-0.25, -0.2) is 5.43 Å². The minimum atomic E-state index is -0.0560. The van der Waals surface area contributed by atoms with Crippen molar-refractivity contribution in [3.8, 4) is 11.5 Å². The predicted molar refractivity (Wildman–Crippen MR) is 117 cm³/mol. The van der Waals surface area contributed by atoms with E-state index in [0.717, 1.165) is 28.7 Å². The van der Waals surface area contributed by atoms with E-state index in [1.54, 1.807) is 13.3 Å². The van der Waals surface area contributed by atoms with Crippen LogP contribution in [0.25, 0.3) is 0 Å². The van der Waals surface area contributed by atoms with Gasteiger partial charge in [0, 0.05) is 4.47 Å². The lowest BCUT2D eigenvalue weighted by Gasteiger charge is -2.22. The number of likely N-dealkylation sites (tertiary alicyclic amines) is 1. The molecular weight excluding hydrogens is 434 g/mol. The fourth-order valence-electron chi connectivity index (χ4n) is 3.30. The van der Waals surface area contributed by atoms with Crippen molar-refractivity contribution < 1.29 is 19.2 Å². The molecule has 0 aliphatic carbocycles. The van der Waals surface area contributed by atoms with E-state index in [1.165, 1.54) is 24.2 Å². The molecule has 0 bridgehead atoms. The Kier molecular flexibility index (Phi) is 8.07. The number of nitrogens with zero attached hydrogens (tertiary/aromatic N) is 1. The minimum Gasteiger partial charge on any atom is -0.493 e. The van der Waals surface area contributed by atoms with E-state index >= 15 is 0 Å². The maximum Gasteiger partial charge on any atom is 0.295 e. The van der Waals surface area contributed by atoms with Crippen LogP contribution in [-0.2, 0) is 11.4 Å². The molecule has 7 heteroatoms. The Morgan fingerprint density at radius 3 is 2.62 bits per heavy atom. The molecule has 29 heavy (non-hydrogen) atoms. The summed E-state index contributed by atoms with van der Waals surface area (Å²) < 4.78 is 12.3. The van der Waals surface area contributed by atoms with Crippen LogP contribution < -0.4 is 19.8 Å². The van der Waals surface area contributed by atoms with Gasteiger partial charge in [0.2, 0.25) is 0 Å². The van der Waals surface area contributed by atoms with Gasteiger partial charge in [-0.15, -0.1) is 0 Å². The van der Waals surface area contributed by atoms with E-state index in [1.807, 2.05) is 42.5 Å². The van der Waals surface area contributed by atoms with Gasteiger partial charge in [-0.05, 0) is 60.7 Å². The Morgan fingerprint density at radius 1 is 1.14 bits per heavy atom. The highest BCUT2D eigenvalue weighted by molar-refractivity contribution is 9.10. The zero-order chi connectivity index (χ0) is 20.5. The third-order valence-corrected chi connectivity index (χ3v) is 5.40. The standard InChI is InChI=1S/C22H26BrN3O3/c1-28-21-13-18(14-24-25-22(27)15-26-11-3-2-4-12-26)7-10-20(21)29-16-17-5-8-19(23)9-6-17/h5-10,13-14H,2-4,11-12,15-16H2,1H3,(H,25,27)/p+1/b24-14-. The van der Waals surface area contributed by atoms with E-state index in [2.05, 4.69) is 26.5 Å². The monoisotopic (exact) mass is 460 g/mol. The summed E-state index contributed by atoms with van der Waals surface area (Å²) in [4.78, 5) is 13.4. The second-order valence-corrected chi connectivity index (χ2v) is 8.02. The number of rotatable bonds is 8. The highest BCUT2D eigenvalue weighted by Gasteiger charge is 2.16. The summed E-state index contributed by atoms with van der Waals surface area (Å²) in [5.74, 6) is 1.22. The zero-order valence-corrected chi connectivity index (χ0v) is 18.2. The van der Waals surface area contributed by atoms with Gasteiger partial charge in [-0.3, -0.25) is 4.79 Å². The molecule has 2 aromatic rings. The predicted octanol–water partition coefficient (Wildman–Crippen LogP) is 2.56. The van der Waals surface area contributed by atoms with Crippen molar-refractivity contribution in [2.45, 2.75) is 25.9 Å². The molecule has 3 rings (SSSR count). The van der Waals surface area contributed by atoms with E-state index in [0.29, 0.717) is 24.7 Å². The van der Waals surface area contributed by atoms with Gasteiger partial charge in [-0.2, -0.15) is 5.10 Å². The second kappa shape index (κ2) is 11.0. The Balaban J connectivity index is 1.52. The molecule has 0 spiro atoms. The molecule has 1 amide bonds.